The number of urea groups is 1. The van der Waals surface area contributed by atoms with Gasteiger partial charge in [0, 0.05) is 7.05 Å². The van der Waals surface area contributed by atoms with Crippen molar-refractivity contribution < 1.29 is 13.2 Å². The molecule has 1 aromatic heterocycles. The van der Waals surface area contributed by atoms with E-state index in [2.05, 4.69) is 9.98 Å². The lowest BCUT2D eigenvalue weighted by Crippen LogP contribution is -2.29. The van der Waals surface area contributed by atoms with Gasteiger partial charge in [-0.05, 0) is 19.1 Å². The number of aryl methyl sites for hydroxylation is 2. The highest BCUT2D eigenvalue weighted by Crippen LogP contribution is 2.11. The van der Waals surface area contributed by atoms with E-state index in [-0.39, 0.29) is 22.1 Å². The summed E-state index contributed by atoms with van der Waals surface area (Å²) < 4.78 is 27.4. The van der Waals surface area contributed by atoms with E-state index in [1.807, 2.05) is 0 Å². The molecular formula is C14H14N6O3S. The molecule has 9 nitrogen and oxygen atoms in total. The maximum absolute atomic E-state index is 12.1. The maximum atomic E-state index is 12.1. The number of sulfonamides is 1. The number of aliphatic imine (C=N–C) groups is 1. The van der Waals surface area contributed by atoms with E-state index in [4.69, 9.17) is 11.0 Å². The predicted octanol–water partition coefficient (Wildman–Crippen LogP) is 0.722. The fourth-order valence-corrected chi connectivity index (χ4v) is 2.66. The number of anilines is 1. The molecule has 2 aromatic rings. The monoisotopic (exact) mass is 346 g/mol. The topological polar surface area (TPSA) is 143 Å². The van der Waals surface area contributed by atoms with E-state index < -0.39 is 16.1 Å². The number of rotatable bonds is 3. The molecular weight excluding hydrogens is 332 g/mol. The molecule has 1 aromatic carbocycles. The molecule has 0 aliphatic heterocycles. The number of nitrogens with one attached hydrogen (secondary N) is 1. The lowest BCUT2D eigenvalue weighted by molar-refractivity contribution is 0.254. The average Bonchev–Trinajstić information content (AvgIpc) is 2.84. The number of aromatic nitrogens is 2. The Bertz CT molecular complexity index is 951. The number of imidazole rings is 1. The Hall–Kier alpha value is -3.19. The molecule has 0 aliphatic carbocycles. The zero-order valence-electron chi connectivity index (χ0n) is 12.9. The Balaban J connectivity index is 2.27. The van der Waals surface area contributed by atoms with E-state index in [0.29, 0.717) is 0 Å². The minimum atomic E-state index is -4.09. The zero-order valence-corrected chi connectivity index (χ0v) is 13.7. The number of hydrogen-bond donors (Lipinski definition) is 2. The summed E-state index contributed by atoms with van der Waals surface area (Å²) in [6, 6.07) is 6.37. The standard InChI is InChI=1S/C14H14N6O3S/c1-9-3-5-10(6-4-9)24(22,23)19-14(21)18-11(7-15)12-13(16)20(2)8-17-12/h3-6,8H,16H2,1-2H3,(H,19,21)/b18-11+. The number of nitrogens with zero attached hydrogens (tertiary/aromatic N) is 4. The van der Waals surface area contributed by atoms with Gasteiger partial charge in [0.15, 0.2) is 5.71 Å². The first-order valence-corrected chi connectivity index (χ1v) is 8.12. The number of benzene rings is 1. The van der Waals surface area contributed by atoms with Gasteiger partial charge in [-0.1, -0.05) is 17.7 Å². The lowest BCUT2D eigenvalue weighted by atomic mass is 10.2. The van der Waals surface area contributed by atoms with Gasteiger partial charge in [-0.2, -0.15) is 10.3 Å². The van der Waals surface area contributed by atoms with Crippen LogP contribution in [0.25, 0.3) is 0 Å². The number of carbonyl (C=O) groups excluding carboxylic acids is 1. The highest BCUT2D eigenvalue weighted by molar-refractivity contribution is 7.90. The van der Waals surface area contributed by atoms with Crippen molar-refractivity contribution in [2.24, 2.45) is 12.0 Å². The summed E-state index contributed by atoms with van der Waals surface area (Å²) in [7, 11) is -2.49. The molecule has 3 N–H and O–H groups in total. The van der Waals surface area contributed by atoms with E-state index in [0.717, 1.165) is 5.56 Å². The van der Waals surface area contributed by atoms with Gasteiger partial charge in [0.05, 0.1) is 11.2 Å². The third-order valence-electron chi connectivity index (χ3n) is 3.08. The predicted molar refractivity (Wildman–Crippen MR) is 86.7 cm³/mol. The van der Waals surface area contributed by atoms with E-state index in [9.17, 15) is 13.2 Å². The van der Waals surface area contributed by atoms with Crippen LogP contribution in [-0.2, 0) is 17.1 Å². The molecule has 0 fully saturated rings. The minimum absolute atomic E-state index is 0.00267. The van der Waals surface area contributed by atoms with E-state index in [1.54, 1.807) is 36.9 Å². The average molecular weight is 346 g/mol. The lowest BCUT2D eigenvalue weighted by Gasteiger charge is -2.05. The van der Waals surface area contributed by atoms with Crippen molar-refractivity contribution in [2.75, 3.05) is 5.73 Å². The third kappa shape index (κ3) is 3.58. The van der Waals surface area contributed by atoms with Gasteiger partial charge in [-0.25, -0.2) is 22.9 Å². The Morgan fingerprint density at radius 1 is 1.38 bits per heavy atom. The number of carbonyl (C=O) groups is 1. The van der Waals surface area contributed by atoms with Crippen LogP contribution in [0.1, 0.15) is 11.3 Å². The molecule has 2 rings (SSSR count). The zero-order chi connectivity index (χ0) is 17.9. The number of nitrogens with two attached hydrogens (primary N) is 1. The first-order chi connectivity index (χ1) is 11.2. The van der Waals surface area contributed by atoms with Gasteiger partial charge < -0.3 is 10.3 Å². The van der Waals surface area contributed by atoms with E-state index in [1.165, 1.54) is 23.0 Å². The molecule has 0 saturated carbocycles. The summed E-state index contributed by atoms with van der Waals surface area (Å²) in [6.07, 6.45) is 1.35. The summed E-state index contributed by atoms with van der Waals surface area (Å²) in [5.74, 6) is 0.129. The van der Waals surface area contributed by atoms with Gasteiger partial charge in [-0.3, -0.25) is 0 Å². The minimum Gasteiger partial charge on any atom is -0.383 e. The molecule has 124 valence electrons. The van der Waals surface area contributed by atoms with Crippen molar-refractivity contribution in [3.8, 4) is 6.07 Å². The first-order valence-electron chi connectivity index (χ1n) is 6.64. The van der Waals surface area contributed by atoms with Crippen LogP contribution in [0.4, 0.5) is 10.6 Å². The highest BCUT2D eigenvalue weighted by Gasteiger charge is 2.19. The molecule has 0 radical (unpaired) electrons. The summed E-state index contributed by atoms with van der Waals surface area (Å²) >= 11 is 0. The third-order valence-corrected chi connectivity index (χ3v) is 4.42. The first kappa shape index (κ1) is 17.2. The van der Waals surface area contributed by atoms with Crippen LogP contribution in [0.5, 0.6) is 0 Å². The Kier molecular flexibility index (Phi) is 4.66. The second kappa shape index (κ2) is 6.51. The smallest absolute Gasteiger partial charge is 0.356 e. The Labute approximate surface area is 138 Å². The molecule has 0 spiro atoms. The van der Waals surface area contributed by atoms with Crippen LogP contribution in [0.3, 0.4) is 0 Å². The van der Waals surface area contributed by atoms with Crippen LogP contribution in [0.2, 0.25) is 0 Å². The van der Waals surface area contributed by atoms with Crippen molar-refractivity contribution in [2.45, 2.75) is 11.8 Å². The second-order valence-electron chi connectivity index (χ2n) is 4.89. The number of amides is 2. The summed E-state index contributed by atoms with van der Waals surface area (Å²) in [6.45, 7) is 1.80. The van der Waals surface area contributed by atoms with E-state index >= 15 is 0 Å². The molecule has 0 atom stereocenters. The number of hydrogen-bond acceptors (Lipinski definition) is 6. The molecule has 24 heavy (non-hydrogen) atoms. The van der Waals surface area contributed by atoms with Crippen LogP contribution in [0, 0.1) is 18.3 Å². The summed E-state index contributed by atoms with van der Waals surface area (Å²) in [5.41, 5.74) is 6.19. The normalized spacial score (nSPS) is 11.8. The quantitative estimate of drug-likeness (QED) is 0.784. The number of nitrogen functional groups attached to an aromatic ring is 1. The second-order valence-corrected chi connectivity index (χ2v) is 6.57. The van der Waals surface area contributed by atoms with Crippen molar-refractivity contribution in [1.82, 2.24) is 14.3 Å². The largest absolute Gasteiger partial charge is 0.383 e. The molecule has 10 heteroatoms. The number of nitriles is 1. The molecule has 1 heterocycles. The fourth-order valence-electron chi connectivity index (χ4n) is 1.77. The van der Waals surface area contributed by atoms with Crippen molar-refractivity contribution >= 4 is 27.6 Å². The summed E-state index contributed by atoms with van der Waals surface area (Å²) in [4.78, 5) is 19.1. The van der Waals surface area contributed by atoms with Crippen LogP contribution >= 0.6 is 0 Å². The van der Waals surface area contributed by atoms with Gasteiger partial charge in [0.1, 0.15) is 17.6 Å². The van der Waals surface area contributed by atoms with Gasteiger partial charge >= 0.3 is 6.03 Å². The SMILES string of the molecule is Cc1ccc(S(=O)(=O)NC(=O)/N=C(\C#N)c2ncn(C)c2N)cc1. The fraction of sp³-hybridized carbons (Fsp3) is 0.143. The van der Waals surface area contributed by atoms with Crippen molar-refractivity contribution in [3.63, 3.8) is 0 Å². The molecule has 0 aliphatic rings. The Morgan fingerprint density at radius 3 is 2.50 bits per heavy atom. The highest BCUT2D eigenvalue weighted by atomic mass is 32.2. The van der Waals surface area contributed by atoms with Crippen molar-refractivity contribution in [3.05, 3.63) is 41.9 Å². The maximum Gasteiger partial charge on any atom is 0.356 e. The molecule has 0 bridgehead atoms. The van der Waals surface area contributed by atoms with Gasteiger partial charge in [-0.15, -0.1) is 0 Å². The molecule has 2 amide bonds. The van der Waals surface area contributed by atoms with Gasteiger partial charge in [0.2, 0.25) is 0 Å². The van der Waals surface area contributed by atoms with Crippen LogP contribution < -0.4 is 10.5 Å². The molecule has 0 unspecified atom stereocenters. The van der Waals surface area contributed by atoms with Gasteiger partial charge in [0.25, 0.3) is 10.0 Å². The van der Waals surface area contributed by atoms with Crippen LogP contribution in [0.15, 0.2) is 40.5 Å². The van der Waals surface area contributed by atoms with Crippen LogP contribution in [-0.4, -0.2) is 29.7 Å². The molecule has 0 saturated heterocycles. The Morgan fingerprint density at radius 2 is 2.00 bits per heavy atom. The summed E-state index contributed by atoms with van der Waals surface area (Å²) in [5, 5.41) is 9.09. The van der Waals surface area contributed by atoms with Crippen molar-refractivity contribution in [1.29, 1.82) is 5.26 Å².